The summed E-state index contributed by atoms with van der Waals surface area (Å²) in [5.74, 6) is 2.25. The van der Waals surface area contributed by atoms with Crippen LogP contribution in [0.15, 0.2) is 77.7 Å². The molecule has 196 valence electrons. The number of benzene rings is 3. The summed E-state index contributed by atoms with van der Waals surface area (Å²) in [5, 5.41) is 6.81. The Morgan fingerprint density at radius 3 is 2.39 bits per heavy atom. The number of nitrogens with one attached hydrogen (secondary N) is 2. The van der Waals surface area contributed by atoms with Crippen molar-refractivity contribution in [1.82, 2.24) is 4.31 Å². The van der Waals surface area contributed by atoms with Gasteiger partial charge in [0.2, 0.25) is 10.0 Å². The molecule has 2 bridgehead atoms. The topological polar surface area (TPSA) is 78.5 Å². The van der Waals surface area contributed by atoms with Crippen molar-refractivity contribution in [3.63, 3.8) is 0 Å². The van der Waals surface area contributed by atoms with Gasteiger partial charge in [-0.25, -0.2) is 8.42 Å². The van der Waals surface area contributed by atoms with Crippen molar-refractivity contribution in [2.75, 3.05) is 23.7 Å². The van der Waals surface area contributed by atoms with Crippen LogP contribution in [0.25, 0.3) is 0 Å². The lowest BCUT2D eigenvalue weighted by atomic mass is 9.68. The molecule has 1 saturated heterocycles. The highest BCUT2D eigenvalue weighted by molar-refractivity contribution is 7.89. The average Bonchev–Trinajstić information content (AvgIpc) is 3.72. The molecule has 2 saturated carbocycles. The minimum atomic E-state index is -3.47. The van der Waals surface area contributed by atoms with E-state index >= 15 is 0 Å². The molecule has 2 aliphatic carbocycles. The van der Waals surface area contributed by atoms with Gasteiger partial charge in [-0.1, -0.05) is 30.3 Å². The van der Waals surface area contributed by atoms with Gasteiger partial charge in [-0.15, -0.1) is 0 Å². The quantitative estimate of drug-likeness (QED) is 0.425. The number of fused-ring (bicyclic) bond motifs is 7. The second-order valence-electron chi connectivity index (χ2n) is 11.4. The zero-order valence-electron chi connectivity index (χ0n) is 21.3. The molecule has 38 heavy (non-hydrogen) atoms. The van der Waals surface area contributed by atoms with Crippen molar-refractivity contribution in [3.8, 4) is 0 Å². The smallest absolute Gasteiger partial charge is 0.255 e. The molecule has 2 heterocycles. The molecule has 7 rings (SSSR count). The Bertz CT molecular complexity index is 1470. The third-order valence-electron chi connectivity index (χ3n) is 9.32. The number of nitrogens with zero attached hydrogens (tertiary/aromatic N) is 1. The predicted molar refractivity (Wildman–Crippen MR) is 149 cm³/mol. The fourth-order valence-corrected chi connectivity index (χ4v) is 9.13. The molecule has 2 aliphatic heterocycles. The lowest BCUT2D eigenvalue weighted by molar-refractivity contribution is 0.102. The Labute approximate surface area is 224 Å². The van der Waals surface area contributed by atoms with Crippen molar-refractivity contribution in [1.29, 1.82) is 0 Å². The van der Waals surface area contributed by atoms with Crippen LogP contribution < -0.4 is 10.6 Å². The summed E-state index contributed by atoms with van der Waals surface area (Å²) < 4.78 is 27.2. The normalized spacial score (nSPS) is 27.9. The highest BCUT2D eigenvalue weighted by Gasteiger charge is 2.53. The zero-order chi connectivity index (χ0) is 25.9. The molecule has 0 aromatic heterocycles. The van der Waals surface area contributed by atoms with E-state index in [4.69, 9.17) is 0 Å². The van der Waals surface area contributed by atoms with Crippen LogP contribution in [-0.4, -0.2) is 31.7 Å². The molecule has 3 aromatic rings. The van der Waals surface area contributed by atoms with Crippen molar-refractivity contribution < 1.29 is 13.2 Å². The van der Waals surface area contributed by atoms with Gasteiger partial charge in [-0.2, -0.15) is 4.31 Å². The van der Waals surface area contributed by atoms with Crippen molar-refractivity contribution in [2.45, 2.75) is 49.0 Å². The van der Waals surface area contributed by atoms with Crippen molar-refractivity contribution in [2.24, 2.45) is 17.8 Å². The first-order valence-corrected chi connectivity index (χ1v) is 15.3. The van der Waals surface area contributed by atoms with Crippen LogP contribution >= 0.6 is 0 Å². The maximum atomic E-state index is 13.3. The molecular formula is C31H33N3O3S. The van der Waals surface area contributed by atoms with E-state index in [9.17, 15) is 13.2 Å². The molecule has 5 atom stereocenters. The monoisotopic (exact) mass is 527 g/mol. The summed E-state index contributed by atoms with van der Waals surface area (Å²) >= 11 is 0. The molecule has 0 unspecified atom stereocenters. The number of hydrogen-bond acceptors (Lipinski definition) is 4. The number of carbonyl (C=O) groups is 1. The van der Waals surface area contributed by atoms with Crippen LogP contribution in [0.4, 0.5) is 11.4 Å². The van der Waals surface area contributed by atoms with E-state index in [2.05, 4.69) is 53.1 Å². The number of rotatable bonds is 5. The second kappa shape index (κ2) is 9.24. The minimum absolute atomic E-state index is 0.173. The predicted octanol–water partition coefficient (Wildman–Crippen LogP) is 6.02. The van der Waals surface area contributed by atoms with Gasteiger partial charge in [-0.05, 0) is 109 Å². The van der Waals surface area contributed by atoms with E-state index in [1.807, 2.05) is 6.07 Å². The minimum Gasteiger partial charge on any atom is -0.378 e. The first-order valence-electron chi connectivity index (χ1n) is 13.9. The van der Waals surface area contributed by atoms with Crippen molar-refractivity contribution >= 4 is 27.3 Å². The Balaban J connectivity index is 1.13. The highest BCUT2D eigenvalue weighted by atomic mass is 32.2. The van der Waals surface area contributed by atoms with Crippen LogP contribution in [0.5, 0.6) is 0 Å². The first kappa shape index (κ1) is 23.9. The lowest BCUT2D eigenvalue weighted by Gasteiger charge is -2.43. The van der Waals surface area contributed by atoms with Crippen LogP contribution in [0.3, 0.4) is 0 Å². The SMILES string of the molecule is O=C(Nc1ccc(S(=O)(=O)N2CCCC2)cc1)c1ccc2c(c1)[C@@H]1[C@H]3CC[C@@H](C3)[C@@H]1[C@H](c1ccccc1)N2. The molecule has 0 spiro atoms. The molecule has 4 aliphatic rings. The molecule has 1 amide bonds. The van der Waals surface area contributed by atoms with Gasteiger partial charge in [0.25, 0.3) is 5.91 Å². The van der Waals surface area contributed by atoms with Crippen LogP contribution in [0, 0.1) is 17.8 Å². The van der Waals surface area contributed by atoms with E-state index in [1.54, 1.807) is 24.3 Å². The van der Waals surface area contributed by atoms with Crippen LogP contribution in [0.2, 0.25) is 0 Å². The Kier molecular flexibility index (Phi) is 5.82. The average molecular weight is 528 g/mol. The summed E-state index contributed by atoms with van der Waals surface area (Å²) in [4.78, 5) is 13.5. The summed E-state index contributed by atoms with van der Waals surface area (Å²) in [5.41, 5.74) is 4.99. The molecule has 6 nitrogen and oxygen atoms in total. The Morgan fingerprint density at radius 2 is 1.63 bits per heavy atom. The van der Waals surface area contributed by atoms with Gasteiger partial charge in [0, 0.05) is 30.0 Å². The number of amides is 1. The molecule has 0 radical (unpaired) electrons. The van der Waals surface area contributed by atoms with Crippen LogP contribution in [0.1, 0.15) is 65.5 Å². The van der Waals surface area contributed by atoms with Gasteiger partial charge in [0.15, 0.2) is 0 Å². The summed E-state index contributed by atoms with van der Waals surface area (Å²) in [6.07, 6.45) is 5.66. The molecule has 7 heteroatoms. The van der Waals surface area contributed by atoms with E-state index in [0.717, 1.165) is 24.4 Å². The standard InChI is InChI=1S/C31H33N3O3S/c35-31(32-24-11-13-25(14-12-24)38(36,37)34-16-4-5-17-34)23-10-15-27-26(19-23)28-21-8-9-22(18-21)29(28)30(33-27)20-6-2-1-3-7-20/h1-3,6-7,10-15,19,21-22,28-30,33H,4-5,8-9,16-18H2,(H,32,35)/t21-,22-,28-,29-,30-/m0/s1. The fraction of sp³-hybridized carbons (Fsp3) is 0.387. The summed E-state index contributed by atoms with van der Waals surface area (Å²) in [6, 6.07) is 23.7. The maximum absolute atomic E-state index is 13.3. The number of carbonyl (C=O) groups excluding carboxylic acids is 1. The largest absolute Gasteiger partial charge is 0.378 e. The lowest BCUT2D eigenvalue weighted by Crippen LogP contribution is -2.35. The summed E-state index contributed by atoms with van der Waals surface area (Å²) in [7, 11) is -3.47. The number of sulfonamides is 1. The molecule has 3 fully saturated rings. The van der Waals surface area contributed by atoms with Gasteiger partial charge >= 0.3 is 0 Å². The van der Waals surface area contributed by atoms with Gasteiger partial charge < -0.3 is 10.6 Å². The highest BCUT2D eigenvalue weighted by Crippen LogP contribution is 2.63. The fourth-order valence-electron chi connectivity index (χ4n) is 7.61. The zero-order valence-corrected chi connectivity index (χ0v) is 22.2. The maximum Gasteiger partial charge on any atom is 0.255 e. The Morgan fingerprint density at radius 1 is 0.895 bits per heavy atom. The van der Waals surface area contributed by atoms with Gasteiger partial charge in [0.05, 0.1) is 10.9 Å². The Hall–Kier alpha value is -3.16. The van der Waals surface area contributed by atoms with Crippen molar-refractivity contribution in [3.05, 3.63) is 89.5 Å². The third-order valence-corrected chi connectivity index (χ3v) is 11.2. The molecular weight excluding hydrogens is 494 g/mol. The van der Waals surface area contributed by atoms with Gasteiger partial charge in [0.1, 0.15) is 0 Å². The second-order valence-corrected chi connectivity index (χ2v) is 13.3. The third kappa shape index (κ3) is 3.95. The summed E-state index contributed by atoms with van der Waals surface area (Å²) in [6.45, 7) is 1.15. The number of hydrogen-bond donors (Lipinski definition) is 2. The van der Waals surface area contributed by atoms with Crippen LogP contribution in [-0.2, 0) is 10.0 Å². The first-order chi connectivity index (χ1) is 18.5. The number of anilines is 2. The van der Waals surface area contributed by atoms with E-state index in [0.29, 0.717) is 48.1 Å². The van der Waals surface area contributed by atoms with E-state index < -0.39 is 10.0 Å². The van der Waals surface area contributed by atoms with Gasteiger partial charge in [-0.3, -0.25) is 4.79 Å². The van der Waals surface area contributed by atoms with E-state index in [-0.39, 0.29) is 10.8 Å². The molecule has 2 N–H and O–H groups in total. The molecule has 3 aromatic carbocycles. The van der Waals surface area contributed by atoms with E-state index in [1.165, 1.54) is 34.7 Å².